The number of Topliss-reactive ketones (excluding diaryl/α,β-unsaturated/α-hetero) is 1. The number of hydrogen-bond acceptors (Lipinski definition) is 5. The molecule has 0 unspecified atom stereocenters. The average molecular weight is 409 g/mol. The molecule has 1 aliphatic rings. The maximum Gasteiger partial charge on any atom is 0.173 e. The molecule has 0 N–H and O–H groups in total. The Labute approximate surface area is 175 Å². The highest BCUT2D eigenvalue weighted by atomic mass is 32.2. The standard InChI is InChI=1S/C23H24N2O3S/c1-27-21-13-12-16(14-22(21)28-2)20(26)15-29-23-24-18-10-6-7-11-19(18)25(23)17-8-4-3-5-9-17/h3-5,8-9,12-14H,6-7,10-11,15H2,1-2H3. The number of ketones is 1. The van der Waals surface area contributed by atoms with E-state index in [4.69, 9.17) is 14.5 Å². The monoisotopic (exact) mass is 408 g/mol. The summed E-state index contributed by atoms with van der Waals surface area (Å²) in [5.41, 5.74) is 4.16. The highest BCUT2D eigenvalue weighted by Crippen LogP contribution is 2.32. The fourth-order valence-corrected chi connectivity index (χ4v) is 4.63. The summed E-state index contributed by atoms with van der Waals surface area (Å²) in [4.78, 5) is 17.7. The van der Waals surface area contributed by atoms with E-state index in [1.165, 1.54) is 36.0 Å². The van der Waals surface area contributed by atoms with Gasteiger partial charge >= 0.3 is 0 Å². The van der Waals surface area contributed by atoms with Gasteiger partial charge in [0, 0.05) is 16.9 Å². The predicted molar refractivity (Wildman–Crippen MR) is 115 cm³/mol. The van der Waals surface area contributed by atoms with E-state index in [0.717, 1.165) is 23.7 Å². The minimum absolute atomic E-state index is 0.0385. The van der Waals surface area contributed by atoms with Gasteiger partial charge in [-0.3, -0.25) is 9.36 Å². The summed E-state index contributed by atoms with van der Waals surface area (Å²) in [7, 11) is 3.16. The Bertz CT molecular complexity index is 1010. The number of carbonyl (C=O) groups is 1. The number of nitrogens with zero attached hydrogens (tertiary/aromatic N) is 2. The second-order valence-electron chi connectivity index (χ2n) is 6.95. The second kappa shape index (κ2) is 8.74. The van der Waals surface area contributed by atoms with Gasteiger partial charge in [0.25, 0.3) is 0 Å². The number of methoxy groups -OCH3 is 2. The first-order chi connectivity index (χ1) is 14.2. The van der Waals surface area contributed by atoms with Crippen LogP contribution in [0.3, 0.4) is 0 Å². The number of imidazole rings is 1. The lowest BCUT2D eigenvalue weighted by molar-refractivity contribution is 0.102. The van der Waals surface area contributed by atoms with Gasteiger partial charge in [0.2, 0.25) is 0 Å². The van der Waals surface area contributed by atoms with Crippen molar-refractivity contribution in [2.45, 2.75) is 30.8 Å². The third kappa shape index (κ3) is 4.03. The van der Waals surface area contributed by atoms with Crippen LogP contribution in [0.1, 0.15) is 34.6 Å². The average Bonchev–Trinajstić information content (AvgIpc) is 3.15. The zero-order chi connectivity index (χ0) is 20.2. The molecule has 150 valence electrons. The molecule has 4 rings (SSSR count). The van der Waals surface area contributed by atoms with Crippen LogP contribution in [-0.2, 0) is 12.8 Å². The Morgan fingerprint density at radius 1 is 1.03 bits per heavy atom. The Morgan fingerprint density at radius 2 is 1.79 bits per heavy atom. The number of benzene rings is 2. The highest BCUT2D eigenvalue weighted by molar-refractivity contribution is 7.99. The van der Waals surface area contributed by atoms with Crippen LogP contribution in [0.4, 0.5) is 0 Å². The smallest absolute Gasteiger partial charge is 0.173 e. The van der Waals surface area contributed by atoms with Crippen LogP contribution in [-0.4, -0.2) is 35.3 Å². The van der Waals surface area contributed by atoms with Gasteiger partial charge in [-0.15, -0.1) is 0 Å². The minimum Gasteiger partial charge on any atom is -0.493 e. The van der Waals surface area contributed by atoms with E-state index in [-0.39, 0.29) is 5.78 Å². The third-order valence-electron chi connectivity index (χ3n) is 5.15. The first kappa shape index (κ1) is 19.6. The fourth-order valence-electron chi connectivity index (χ4n) is 3.68. The van der Waals surface area contributed by atoms with Crippen LogP contribution in [0.15, 0.2) is 53.7 Å². The van der Waals surface area contributed by atoms with Gasteiger partial charge in [-0.25, -0.2) is 4.98 Å². The van der Waals surface area contributed by atoms with E-state index in [2.05, 4.69) is 16.7 Å². The summed E-state index contributed by atoms with van der Waals surface area (Å²) in [6.07, 6.45) is 4.39. The van der Waals surface area contributed by atoms with Crippen LogP contribution in [0.5, 0.6) is 11.5 Å². The van der Waals surface area contributed by atoms with Gasteiger partial charge in [0.05, 0.1) is 25.7 Å². The van der Waals surface area contributed by atoms with E-state index in [9.17, 15) is 4.79 Å². The zero-order valence-corrected chi connectivity index (χ0v) is 17.5. The van der Waals surface area contributed by atoms with E-state index in [1.807, 2.05) is 18.2 Å². The molecule has 0 aliphatic heterocycles. The first-order valence-electron chi connectivity index (χ1n) is 9.75. The molecule has 5 nitrogen and oxygen atoms in total. The van der Waals surface area contributed by atoms with Gasteiger partial charge in [-0.1, -0.05) is 30.0 Å². The molecule has 0 bridgehead atoms. The molecule has 0 amide bonds. The molecule has 1 aromatic heterocycles. The van der Waals surface area contributed by atoms with E-state index < -0.39 is 0 Å². The van der Waals surface area contributed by atoms with Crippen LogP contribution in [0, 0.1) is 0 Å². The molecule has 6 heteroatoms. The number of carbonyl (C=O) groups excluding carboxylic acids is 1. The van der Waals surface area contributed by atoms with Crippen molar-refractivity contribution in [3.05, 3.63) is 65.5 Å². The Hall–Kier alpha value is -2.73. The SMILES string of the molecule is COc1ccc(C(=O)CSc2nc3c(n2-c2ccccc2)CCCC3)cc1OC. The number of aryl methyl sites for hydroxylation is 1. The van der Waals surface area contributed by atoms with Crippen molar-refractivity contribution in [2.75, 3.05) is 20.0 Å². The molecule has 2 aromatic carbocycles. The Balaban J connectivity index is 1.59. The molecular formula is C23H24N2O3S. The third-order valence-corrected chi connectivity index (χ3v) is 6.09. The number of ether oxygens (including phenoxy) is 2. The fraction of sp³-hybridized carbons (Fsp3) is 0.304. The molecule has 0 spiro atoms. The number of hydrogen-bond donors (Lipinski definition) is 0. The molecule has 1 heterocycles. The summed E-state index contributed by atoms with van der Waals surface area (Å²) < 4.78 is 12.8. The lowest BCUT2D eigenvalue weighted by atomic mass is 10.0. The van der Waals surface area contributed by atoms with Crippen LogP contribution in [0.2, 0.25) is 0 Å². The summed E-state index contributed by atoms with van der Waals surface area (Å²) in [5.74, 6) is 1.53. The molecule has 0 radical (unpaired) electrons. The van der Waals surface area contributed by atoms with Crippen LogP contribution >= 0.6 is 11.8 Å². The maximum atomic E-state index is 12.8. The molecular weight excluding hydrogens is 384 g/mol. The van der Waals surface area contributed by atoms with Gasteiger partial charge in [0.15, 0.2) is 22.4 Å². The van der Waals surface area contributed by atoms with Gasteiger partial charge in [-0.2, -0.15) is 0 Å². The largest absolute Gasteiger partial charge is 0.493 e. The number of para-hydroxylation sites is 1. The molecule has 0 atom stereocenters. The van der Waals surface area contributed by atoms with Gasteiger partial charge in [-0.05, 0) is 56.0 Å². The summed E-state index contributed by atoms with van der Waals surface area (Å²) in [6.45, 7) is 0. The van der Waals surface area contributed by atoms with Crippen LogP contribution < -0.4 is 9.47 Å². The lowest BCUT2D eigenvalue weighted by Gasteiger charge is -2.15. The van der Waals surface area contributed by atoms with Gasteiger partial charge in [0.1, 0.15) is 0 Å². The molecule has 1 aliphatic carbocycles. The Kier molecular flexibility index (Phi) is 5.90. The van der Waals surface area contributed by atoms with Crippen molar-refractivity contribution < 1.29 is 14.3 Å². The topological polar surface area (TPSA) is 53.3 Å². The van der Waals surface area contributed by atoms with E-state index in [1.54, 1.807) is 32.4 Å². The summed E-state index contributed by atoms with van der Waals surface area (Å²) in [6, 6.07) is 15.5. The molecule has 0 saturated heterocycles. The quantitative estimate of drug-likeness (QED) is 0.417. The summed E-state index contributed by atoms with van der Waals surface area (Å²) in [5, 5.41) is 0.886. The minimum atomic E-state index is 0.0385. The second-order valence-corrected chi connectivity index (χ2v) is 7.89. The van der Waals surface area contributed by atoms with Crippen molar-refractivity contribution in [1.82, 2.24) is 9.55 Å². The number of aromatic nitrogens is 2. The zero-order valence-electron chi connectivity index (χ0n) is 16.7. The van der Waals surface area contributed by atoms with Crippen LogP contribution in [0.25, 0.3) is 5.69 Å². The van der Waals surface area contributed by atoms with E-state index in [0.29, 0.717) is 22.8 Å². The highest BCUT2D eigenvalue weighted by Gasteiger charge is 2.22. The lowest BCUT2D eigenvalue weighted by Crippen LogP contribution is -2.08. The summed E-state index contributed by atoms with van der Waals surface area (Å²) >= 11 is 1.49. The predicted octanol–water partition coefficient (Wildman–Crippen LogP) is 4.74. The van der Waals surface area contributed by atoms with Crippen molar-refractivity contribution in [3.8, 4) is 17.2 Å². The number of fused-ring (bicyclic) bond motifs is 1. The molecule has 0 fully saturated rings. The van der Waals surface area contributed by atoms with E-state index >= 15 is 0 Å². The number of rotatable bonds is 7. The number of thioether (sulfide) groups is 1. The van der Waals surface area contributed by atoms with Crippen molar-refractivity contribution in [3.63, 3.8) is 0 Å². The normalized spacial score (nSPS) is 13.0. The maximum absolute atomic E-state index is 12.8. The van der Waals surface area contributed by atoms with Crippen molar-refractivity contribution in [2.24, 2.45) is 0 Å². The molecule has 29 heavy (non-hydrogen) atoms. The Morgan fingerprint density at radius 3 is 2.55 bits per heavy atom. The first-order valence-corrected chi connectivity index (χ1v) is 10.7. The van der Waals surface area contributed by atoms with Crippen molar-refractivity contribution >= 4 is 17.5 Å². The van der Waals surface area contributed by atoms with Crippen molar-refractivity contribution in [1.29, 1.82) is 0 Å². The molecule has 0 saturated carbocycles. The molecule has 3 aromatic rings. The van der Waals surface area contributed by atoms with Gasteiger partial charge < -0.3 is 9.47 Å².